The van der Waals surface area contributed by atoms with Gasteiger partial charge in [-0.05, 0) is 13.5 Å². The molecule has 1 fully saturated rings. The predicted octanol–water partition coefficient (Wildman–Crippen LogP) is 0.309. The molecule has 0 unspecified atom stereocenters. The van der Waals surface area contributed by atoms with Gasteiger partial charge >= 0.3 is 0 Å². The van der Waals surface area contributed by atoms with E-state index in [1.54, 1.807) is 0 Å². The molecule has 10 heavy (non-hydrogen) atoms. The molecule has 0 spiro atoms. The minimum atomic E-state index is -0.0784. The number of likely N-dealkylation sites (tertiary alicyclic amines) is 1. The Morgan fingerprint density at radius 1 is 1.70 bits per heavy atom. The van der Waals surface area contributed by atoms with Crippen molar-refractivity contribution in [2.75, 3.05) is 20.1 Å². The van der Waals surface area contributed by atoms with Gasteiger partial charge in [0.15, 0.2) is 0 Å². The predicted molar refractivity (Wildman–Crippen MR) is 40.2 cm³/mol. The number of carbonyl (C=O) groups is 1. The summed E-state index contributed by atoms with van der Waals surface area (Å²) in [5, 5.41) is 0. The zero-order valence-corrected chi connectivity index (χ0v) is 6.42. The van der Waals surface area contributed by atoms with Crippen LogP contribution in [-0.4, -0.2) is 36.7 Å². The number of rotatable bonds is 0. The first-order valence-corrected chi connectivity index (χ1v) is 3.44. The fourth-order valence-corrected chi connectivity index (χ4v) is 1.10. The van der Waals surface area contributed by atoms with Gasteiger partial charge < -0.3 is 4.90 Å². The first-order chi connectivity index (χ1) is 4.68. The van der Waals surface area contributed by atoms with Gasteiger partial charge in [0.2, 0.25) is 5.91 Å². The van der Waals surface area contributed by atoms with Crippen LogP contribution in [0.1, 0.15) is 13.3 Å². The van der Waals surface area contributed by atoms with Crippen LogP contribution < -0.4 is 0 Å². The summed E-state index contributed by atoms with van der Waals surface area (Å²) in [4.78, 5) is 16.5. The second-order valence-electron chi connectivity index (χ2n) is 2.68. The summed E-state index contributed by atoms with van der Waals surface area (Å²) in [6.07, 6.45) is 0.954. The molecule has 1 aliphatic rings. The third kappa shape index (κ3) is 1.92. The minimum absolute atomic E-state index is 0.0784. The highest BCUT2D eigenvalue weighted by Gasteiger charge is 2.13. The van der Waals surface area contributed by atoms with Crippen LogP contribution in [0.15, 0.2) is 4.99 Å². The normalized spacial score (nSPS) is 24.0. The number of carbonyl (C=O) groups excluding carboxylic acids is 1. The molecule has 1 aliphatic heterocycles. The molecule has 0 aromatic carbocycles. The lowest BCUT2D eigenvalue weighted by atomic mass is 10.3. The van der Waals surface area contributed by atoms with Gasteiger partial charge in [0, 0.05) is 25.7 Å². The first kappa shape index (κ1) is 7.41. The topological polar surface area (TPSA) is 32.7 Å². The van der Waals surface area contributed by atoms with Gasteiger partial charge in [-0.1, -0.05) is 0 Å². The van der Waals surface area contributed by atoms with E-state index in [0.29, 0.717) is 0 Å². The summed E-state index contributed by atoms with van der Waals surface area (Å²) in [6, 6.07) is 0. The standard InChI is InChI=1S/C7H12N2O/c1-6(10)8-7-3-4-9(2)5-7/h3-5H2,1-2H3. The van der Waals surface area contributed by atoms with Crippen molar-refractivity contribution in [1.82, 2.24) is 4.90 Å². The Balaban J connectivity index is 2.51. The summed E-state index contributed by atoms with van der Waals surface area (Å²) in [7, 11) is 2.03. The molecule has 0 N–H and O–H groups in total. The van der Waals surface area contributed by atoms with Gasteiger partial charge in [0.25, 0.3) is 0 Å². The summed E-state index contributed by atoms with van der Waals surface area (Å²) < 4.78 is 0. The number of amides is 1. The van der Waals surface area contributed by atoms with Crippen LogP contribution in [0.25, 0.3) is 0 Å². The van der Waals surface area contributed by atoms with Gasteiger partial charge in [-0.15, -0.1) is 0 Å². The van der Waals surface area contributed by atoms with E-state index in [2.05, 4.69) is 9.89 Å². The van der Waals surface area contributed by atoms with Crippen LogP contribution in [-0.2, 0) is 4.79 Å². The quantitative estimate of drug-likeness (QED) is 0.485. The highest BCUT2D eigenvalue weighted by molar-refractivity contribution is 5.97. The van der Waals surface area contributed by atoms with Gasteiger partial charge in [0.05, 0.1) is 0 Å². The van der Waals surface area contributed by atoms with E-state index in [-0.39, 0.29) is 5.91 Å². The van der Waals surface area contributed by atoms with E-state index in [1.807, 2.05) is 7.05 Å². The first-order valence-electron chi connectivity index (χ1n) is 3.44. The Morgan fingerprint density at radius 3 is 2.80 bits per heavy atom. The average molecular weight is 140 g/mol. The molecule has 3 nitrogen and oxygen atoms in total. The zero-order chi connectivity index (χ0) is 7.56. The second-order valence-corrected chi connectivity index (χ2v) is 2.68. The number of hydrogen-bond acceptors (Lipinski definition) is 2. The van der Waals surface area contributed by atoms with Crippen LogP contribution in [0.5, 0.6) is 0 Å². The molecule has 3 heteroatoms. The maximum atomic E-state index is 10.5. The highest BCUT2D eigenvalue weighted by atomic mass is 16.1. The number of hydrogen-bond donors (Lipinski definition) is 0. The fourth-order valence-electron chi connectivity index (χ4n) is 1.10. The van der Waals surface area contributed by atoms with Gasteiger partial charge in [-0.3, -0.25) is 4.79 Å². The van der Waals surface area contributed by atoms with E-state index in [0.717, 1.165) is 25.2 Å². The molecule has 0 saturated carbocycles. The molecule has 1 rings (SSSR count). The molecular weight excluding hydrogens is 128 g/mol. The average Bonchev–Trinajstić information content (AvgIpc) is 2.13. The Hall–Kier alpha value is -0.700. The summed E-state index contributed by atoms with van der Waals surface area (Å²) in [5.74, 6) is -0.0784. The van der Waals surface area contributed by atoms with Crippen molar-refractivity contribution in [1.29, 1.82) is 0 Å². The Bertz CT molecular complexity index is 174. The van der Waals surface area contributed by atoms with Crippen molar-refractivity contribution in [2.24, 2.45) is 4.99 Å². The molecule has 0 bridgehead atoms. The lowest BCUT2D eigenvalue weighted by molar-refractivity contribution is -0.115. The molecule has 1 saturated heterocycles. The Kier molecular flexibility index (Phi) is 2.17. The Labute approximate surface area is 60.7 Å². The molecule has 0 atom stereocenters. The van der Waals surface area contributed by atoms with E-state index >= 15 is 0 Å². The van der Waals surface area contributed by atoms with Crippen molar-refractivity contribution >= 4 is 11.6 Å². The molecule has 0 aromatic heterocycles. The van der Waals surface area contributed by atoms with Crippen LogP contribution in [0.2, 0.25) is 0 Å². The van der Waals surface area contributed by atoms with Crippen molar-refractivity contribution in [2.45, 2.75) is 13.3 Å². The highest BCUT2D eigenvalue weighted by Crippen LogP contribution is 2.02. The molecule has 1 heterocycles. The molecule has 1 amide bonds. The largest absolute Gasteiger partial charge is 0.301 e. The van der Waals surface area contributed by atoms with Crippen molar-refractivity contribution in [3.8, 4) is 0 Å². The van der Waals surface area contributed by atoms with E-state index < -0.39 is 0 Å². The van der Waals surface area contributed by atoms with Gasteiger partial charge in [-0.25, -0.2) is 4.99 Å². The third-order valence-electron chi connectivity index (χ3n) is 1.55. The van der Waals surface area contributed by atoms with Crippen LogP contribution in [0, 0.1) is 0 Å². The second kappa shape index (κ2) is 2.92. The summed E-state index contributed by atoms with van der Waals surface area (Å²) >= 11 is 0. The molecule has 56 valence electrons. The lowest BCUT2D eigenvalue weighted by Crippen LogP contribution is -2.14. The molecule has 0 radical (unpaired) electrons. The van der Waals surface area contributed by atoms with E-state index in [9.17, 15) is 4.79 Å². The zero-order valence-electron chi connectivity index (χ0n) is 6.42. The molecule has 0 aromatic rings. The lowest BCUT2D eigenvalue weighted by Gasteiger charge is -2.01. The number of nitrogens with zero attached hydrogens (tertiary/aromatic N) is 2. The fraction of sp³-hybridized carbons (Fsp3) is 0.714. The monoisotopic (exact) mass is 140 g/mol. The van der Waals surface area contributed by atoms with Gasteiger partial charge in [-0.2, -0.15) is 0 Å². The minimum Gasteiger partial charge on any atom is -0.301 e. The SMILES string of the molecule is CC(=O)N=C1CCN(C)C1. The molecule has 0 aliphatic carbocycles. The Morgan fingerprint density at radius 2 is 2.40 bits per heavy atom. The summed E-state index contributed by atoms with van der Waals surface area (Å²) in [5.41, 5.74) is 1.02. The summed E-state index contributed by atoms with van der Waals surface area (Å²) in [6.45, 7) is 3.39. The van der Waals surface area contributed by atoms with E-state index in [4.69, 9.17) is 0 Å². The van der Waals surface area contributed by atoms with Crippen molar-refractivity contribution < 1.29 is 4.79 Å². The maximum Gasteiger partial charge on any atom is 0.242 e. The maximum absolute atomic E-state index is 10.5. The molecular formula is C7H12N2O. The van der Waals surface area contributed by atoms with Gasteiger partial charge in [0.1, 0.15) is 0 Å². The van der Waals surface area contributed by atoms with Crippen molar-refractivity contribution in [3.05, 3.63) is 0 Å². The van der Waals surface area contributed by atoms with E-state index in [1.165, 1.54) is 6.92 Å². The smallest absolute Gasteiger partial charge is 0.242 e. The van der Waals surface area contributed by atoms with Crippen LogP contribution in [0.4, 0.5) is 0 Å². The number of aliphatic imine (C=N–C) groups is 1. The van der Waals surface area contributed by atoms with Crippen LogP contribution in [0.3, 0.4) is 0 Å². The van der Waals surface area contributed by atoms with Crippen LogP contribution >= 0.6 is 0 Å². The van der Waals surface area contributed by atoms with Crippen molar-refractivity contribution in [3.63, 3.8) is 0 Å². The third-order valence-corrected chi connectivity index (χ3v) is 1.55.